The molecule has 1 aliphatic carbocycles. The van der Waals surface area contributed by atoms with Gasteiger partial charge in [0.25, 0.3) is 0 Å². The lowest BCUT2D eigenvalue weighted by molar-refractivity contribution is 0.187. The van der Waals surface area contributed by atoms with Crippen molar-refractivity contribution in [3.63, 3.8) is 0 Å². The Labute approximate surface area is 175 Å². The molecule has 5 nitrogen and oxygen atoms in total. The minimum atomic E-state index is -0.379. The first-order valence-electron chi connectivity index (χ1n) is 10.3. The second-order valence-electron chi connectivity index (χ2n) is 7.95. The van der Waals surface area contributed by atoms with E-state index in [4.69, 9.17) is 4.74 Å². The van der Waals surface area contributed by atoms with E-state index in [1.54, 1.807) is 0 Å². The summed E-state index contributed by atoms with van der Waals surface area (Å²) in [6.45, 7) is 0.499. The maximum absolute atomic E-state index is 13.0. The van der Waals surface area contributed by atoms with E-state index >= 15 is 0 Å². The van der Waals surface area contributed by atoms with Crippen LogP contribution in [0.15, 0.2) is 72.8 Å². The highest BCUT2D eigenvalue weighted by Gasteiger charge is 2.33. The third-order valence-electron chi connectivity index (χ3n) is 6.01. The maximum atomic E-state index is 13.0. The molecule has 3 atom stereocenters. The molecule has 0 saturated heterocycles. The Hall–Kier alpha value is -3.31. The smallest absolute Gasteiger partial charge is 0.319 e. The van der Waals surface area contributed by atoms with Crippen LogP contribution in [0, 0.1) is 0 Å². The number of rotatable bonds is 3. The highest BCUT2D eigenvalue weighted by molar-refractivity contribution is 5.91. The first-order valence-corrected chi connectivity index (χ1v) is 10.3. The topological polar surface area (TPSA) is 70.6 Å². The number of hydrogen-bond donors (Lipinski definition) is 3. The lowest BCUT2D eigenvalue weighted by atomic mass is 9.85. The molecule has 1 aliphatic heterocycles. The largest absolute Gasteiger partial charge is 0.492 e. The molecule has 3 unspecified atom stereocenters. The van der Waals surface area contributed by atoms with Crippen LogP contribution in [0.2, 0.25) is 0 Å². The summed E-state index contributed by atoms with van der Waals surface area (Å²) in [5.74, 6) is 0.814. The van der Waals surface area contributed by atoms with E-state index in [0.29, 0.717) is 19.4 Å². The number of urea groups is 1. The van der Waals surface area contributed by atoms with Crippen molar-refractivity contribution in [2.75, 3.05) is 11.9 Å². The predicted molar refractivity (Wildman–Crippen MR) is 116 cm³/mol. The van der Waals surface area contributed by atoms with Gasteiger partial charge >= 0.3 is 6.03 Å². The molecule has 0 bridgehead atoms. The van der Waals surface area contributed by atoms with Gasteiger partial charge in [-0.1, -0.05) is 60.7 Å². The number of benzene rings is 3. The summed E-state index contributed by atoms with van der Waals surface area (Å²) >= 11 is 0. The van der Waals surface area contributed by atoms with Gasteiger partial charge in [-0.05, 0) is 35.2 Å². The zero-order valence-corrected chi connectivity index (χ0v) is 16.5. The fourth-order valence-electron chi connectivity index (χ4n) is 4.57. The van der Waals surface area contributed by atoms with Gasteiger partial charge in [0.2, 0.25) is 0 Å². The number of fused-ring (bicyclic) bond motifs is 2. The van der Waals surface area contributed by atoms with Crippen molar-refractivity contribution in [1.82, 2.24) is 5.32 Å². The van der Waals surface area contributed by atoms with Crippen molar-refractivity contribution < 1.29 is 14.6 Å². The minimum Gasteiger partial charge on any atom is -0.492 e. The Morgan fingerprint density at radius 1 is 0.933 bits per heavy atom. The summed E-state index contributed by atoms with van der Waals surface area (Å²) in [4.78, 5) is 13.0. The Kier molecular flexibility index (Phi) is 4.89. The van der Waals surface area contributed by atoms with E-state index in [9.17, 15) is 9.90 Å². The van der Waals surface area contributed by atoms with Gasteiger partial charge in [0, 0.05) is 23.6 Å². The van der Waals surface area contributed by atoms with Crippen LogP contribution >= 0.6 is 0 Å². The van der Waals surface area contributed by atoms with Crippen molar-refractivity contribution in [3.8, 4) is 5.75 Å². The van der Waals surface area contributed by atoms with E-state index in [2.05, 4.69) is 22.8 Å². The van der Waals surface area contributed by atoms with E-state index in [1.807, 2.05) is 60.7 Å². The lowest BCUT2D eigenvalue weighted by Gasteiger charge is -2.34. The van der Waals surface area contributed by atoms with Crippen molar-refractivity contribution in [1.29, 1.82) is 0 Å². The zero-order valence-electron chi connectivity index (χ0n) is 16.5. The van der Waals surface area contributed by atoms with Crippen LogP contribution < -0.4 is 15.4 Å². The molecule has 2 amide bonds. The van der Waals surface area contributed by atoms with E-state index in [1.165, 1.54) is 0 Å². The van der Waals surface area contributed by atoms with Crippen molar-refractivity contribution in [2.24, 2.45) is 0 Å². The molecule has 0 saturated carbocycles. The number of aliphatic hydroxyl groups excluding tert-OH is 1. The van der Waals surface area contributed by atoms with Crippen LogP contribution in [0.3, 0.4) is 0 Å². The first-order chi connectivity index (χ1) is 14.7. The number of hydrogen-bond acceptors (Lipinski definition) is 3. The highest BCUT2D eigenvalue weighted by Crippen LogP contribution is 2.40. The standard InChI is InChI=1S/C25H24N2O3/c28-18-13-17-9-6-11-22(20(17)14-18)26-25(29)27-24-19-10-4-5-12-23(19)30-15-21(24)16-7-2-1-3-8-16/h1-12,18,21,24,28H,13-15H2,(H2,26,27,29). The Morgan fingerprint density at radius 3 is 2.60 bits per heavy atom. The second-order valence-corrected chi connectivity index (χ2v) is 7.95. The van der Waals surface area contributed by atoms with Gasteiger partial charge in [-0.25, -0.2) is 4.79 Å². The normalized spacial score (nSPS) is 21.8. The number of anilines is 1. The second kappa shape index (κ2) is 7.84. The van der Waals surface area contributed by atoms with Gasteiger partial charge in [-0.15, -0.1) is 0 Å². The van der Waals surface area contributed by atoms with Gasteiger partial charge in [-0.2, -0.15) is 0 Å². The number of para-hydroxylation sites is 1. The Balaban J connectivity index is 1.41. The summed E-state index contributed by atoms with van der Waals surface area (Å²) in [5.41, 5.74) is 4.98. The molecule has 2 aliphatic rings. The lowest BCUT2D eigenvalue weighted by Crippen LogP contribution is -2.39. The van der Waals surface area contributed by atoms with Crippen LogP contribution in [0.1, 0.15) is 34.2 Å². The number of carbonyl (C=O) groups is 1. The fraction of sp³-hybridized carbons (Fsp3) is 0.240. The molecule has 0 spiro atoms. The van der Waals surface area contributed by atoms with Gasteiger partial charge in [0.05, 0.1) is 18.8 Å². The maximum Gasteiger partial charge on any atom is 0.319 e. The third-order valence-corrected chi connectivity index (χ3v) is 6.01. The highest BCUT2D eigenvalue weighted by atomic mass is 16.5. The third kappa shape index (κ3) is 3.53. The summed E-state index contributed by atoms with van der Waals surface area (Å²) < 4.78 is 5.99. The monoisotopic (exact) mass is 400 g/mol. The molecule has 3 N–H and O–H groups in total. The van der Waals surface area contributed by atoms with Crippen LogP contribution in [0.4, 0.5) is 10.5 Å². The van der Waals surface area contributed by atoms with E-state index in [-0.39, 0.29) is 24.1 Å². The summed E-state index contributed by atoms with van der Waals surface area (Å²) in [6, 6.07) is 23.3. The van der Waals surface area contributed by atoms with Crippen LogP contribution in [0.5, 0.6) is 5.75 Å². The summed E-state index contributed by atoms with van der Waals surface area (Å²) in [6.07, 6.45) is 0.824. The Bertz CT molecular complexity index is 1070. The molecule has 3 aromatic rings. The molecule has 3 aromatic carbocycles. The van der Waals surface area contributed by atoms with Gasteiger partial charge in [-0.3, -0.25) is 0 Å². The number of amides is 2. The predicted octanol–water partition coefficient (Wildman–Crippen LogP) is 4.19. The molecule has 0 aromatic heterocycles. The average Bonchev–Trinajstić information content (AvgIpc) is 3.16. The Morgan fingerprint density at radius 2 is 1.73 bits per heavy atom. The van der Waals surface area contributed by atoms with E-state index in [0.717, 1.165) is 33.7 Å². The van der Waals surface area contributed by atoms with E-state index < -0.39 is 0 Å². The first kappa shape index (κ1) is 18.7. The van der Waals surface area contributed by atoms with Crippen molar-refractivity contribution in [3.05, 3.63) is 95.1 Å². The molecular weight excluding hydrogens is 376 g/mol. The molecule has 1 heterocycles. The average molecular weight is 400 g/mol. The van der Waals surface area contributed by atoms with Crippen molar-refractivity contribution >= 4 is 11.7 Å². The number of nitrogens with one attached hydrogen (secondary N) is 2. The number of aliphatic hydroxyl groups is 1. The number of carbonyl (C=O) groups excluding carboxylic acids is 1. The van der Waals surface area contributed by atoms with Crippen LogP contribution in [-0.4, -0.2) is 23.8 Å². The van der Waals surface area contributed by atoms with Crippen LogP contribution in [-0.2, 0) is 12.8 Å². The molecule has 152 valence electrons. The van der Waals surface area contributed by atoms with Crippen molar-refractivity contribution in [2.45, 2.75) is 30.9 Å². The molecule has 0 radical (unpaired) electrons. The SMILES string of the molecule is O=C(Nc1cccc2c1CC(O)C2)NC1c2ccccc2OCC1c1ccccc1. The number of ether oxygens (including phenoxy) is 1. The molecular formula is C25H24N2O3. The summed E-state index contributed by atoms with van der Waals surface area (Å²) in [5, 5.41) is 16.2. The molecule has 5 heteroatoms. The summed E-state index contributed by atoms with van der Waals surface area (Å²) in [7, 11) is 0. The zero-order chi connectivity index (χ0) is 20.5. The quantitative estimate of drug-likeness (QED) is 0.618. The molecule has 0 fully saturated rings. The molecule has 30 heavy (non-hydrogen) atoms. The minimum absolute atomic E-state index is 0.00941. The van der Waals surface area contributed by atoms with Gasteiger partial charge in [0.15, 0.2) is 0 Å². The van der Waals surface area contributed by atoms with Gasteiger partial charge < -0.3 is 20.5 Å². The molecule has 5 rings (SSSR count). The fourth-order valence-corrected chi connectivity index (χ4v) is 4.57. The van der Waals surface area contributed by atoms with Crippen LogP contribution in [0.25, 0.3) is 0 Å². The van der Waals surface area contributed by atoms with Gasteiger partial charge in [0.1, 0.15) is 5.75 Å².